The normalized spacial score (nSPS) is 15.2. The minimum absolute atomic E-state index is 0.620. The molecule has 1 atom stereocenters. The van der Waals surface area contributed by atoms with Crippen LogP contribution in [-0.2, 0) is 0 Å². The molecular weight excluding hydrogens is 70.1 g/mol. The highest BCUT2D eigenvalue weighted by Gasteiger charge is 1.38. The van der Waals surface area contributed by atoms with Gasteiger partial charge in [-0.15, -0.1) is 5.69 Å². The summed E-state index contributed by atoms with van der Waals surface area (Å²) < 4.78 is 0. The van der Waals surface area contributed by atoms with Crippen LogP contribution in [-0.4, -0.2) is 6.26 Å². The molecule has 0 saturated carbocycles. The van der Waals surface area contributed by atoms with Crippen molar-refractivity contribution in [1.29, 1.82) is 0 Å². The monoisotopic (exact) mass is 77.0 g/mol. The molecule has 2 heteroatoms. The van der Waals surface area contributed by atoms with E-state index in [-0.39, 0.29) is 0 Å². The van der Waals surface area contributed by atoms with Crippen LogP contribution >= 0.6 is 10.5 Å². The minimum Gasteiger partial charge on any atom is -0.288 e. The Morgan fingerprint density at radius 2 is 2.00 bits per heavy atom. The van der Waals surface area contributed by atoms with E-state index in [1.807, 2.05) is 0 Å². The highest BCUT2D eigenvalue weighted by atomic mass is 32.2. The molecule has 0 radical (unpaired) electrons. The molecule has 0 aromatic heterocycles. The molecule has 0 heterocycles. The molecule has 0 fully saturated rings. The van der Waals surface area contributed by atoms with E-state index in [0.29, 0.717) is 0 Å². The third-order valence-corrected chi connectivity index (χ3v) is 0. The third-order valence-electron chi connectivity index (χ3n) is 0. The second-order valence-corrected chi connectivity index (χ2v) is 2.00. The van der Waals surface area contributed by atoms with Crippen molar-refractivity contribution in [3.63, 3.8) is 0 Å². The van der Waals surface area contributed by atoms with Crippen LogP contribution in [0.1, 0.15) is 0 Å². The first-order valence-corrected chi connectivity index (χ1v) is 2.89. The van der Waals surface area contributed by atoms with Crippen molar-refractivity contribution in [3.05, 3.63) is 0 Å². The molecule has 0 saturated heterocycles. The SMILES string of the molecule is C#[SH](C)N. The zero-order valence-corrected chi connectivity index (χ0v) is 3.50. The van der Waals surface area contributed by atoms with Gasteiger partial charge < -0.3 is 0 Å². The molecule has 4 heavy (non-hydrogen) atoms. The average molecular weight is 77.2 g/mol. The van der Waals surface area contributed by atoms with Crippen LogP contribution in [0.2, 0.25) is 0 Å². The van der Waals surface area contributed by atoms with Gasteiger partial charge in [-0.25, -0.2) is 0 Å². The molecule has 0 spiro atoms. The van der Waals surface area contributed by atoms with Crippen LogP contribution in [0, 0.1) is 5.69 Å². The Bertz CT molecular complexity index is 52.2. The maximum Gasteiger partial charge on any atom is -0.0159 e. The molecule has 0 amide bonds. The van der Waals surface area contributed by atoms with Gasteiger partial charge in [-0.05, 0) is 6.26 Å². The fraction of sp³-hybridized carbons (Fsp3) is 0.500. The Labute approximate surface area is 28.5 Å². The quantitative estimate of drug-likeness (QED) is 0.393. The maximum absolute atomic E-state index is 4.95. The molecule has 0 aromatic carbocycles. The molecule has 0 rings (SSSR count). The fourth-order valence-corrected chi connectivity index (χ4v) is 0. The Kier molecular flexibility index (Phi) is 1.45. The molecule has 0 bridgehead atoms. The smallest absolute Gasteiger partial charge is 0.0159 e. The van der Waals surface area contributed by atoms with Crippen molar-refractivity contribution in [2.75, 3.05) is 6.26 Å². The molecule has 0 aromatic rings. The zero-order chi connectivity index (χ0) is 3.58. The van der Waals surface area contributed by atoms with E-state index >= 15 is 0 Å². The Balaban J connectivity index is 3.02. The van der Waals surface area contributed by atoms with Crippen molar-refractivity contribution in [3.8, 4) is 5.69 Å². The summed E-state index contributed by atoms with van der Waals surface area (Å²) in [7, 11) is -0.620. The maximum atomic E-state index is 4.95. The van der Waals surface area contributed by atoms with Crippen molar-refractivity contribution in [1.82, 2.24) is 0 Å². The van der Waals surface area contributed by atoms with Gasteiger partial charge in [-0.3, -0.25) is 5.14 Å². The average Bonchev–Trinajstić information content (AvgIpc) is 0.811. The topological polar surface area (TPSA) is 26.0 Å². The van der Waals surface area contributed by atoms with Gasteiger partial charge in [0.05, 0.1) is 0 Å². The highest BCUT2D eigenvalue weighted by molar-refractivity contribution is 8.03. The summed E-state index contributed by atoms with van der Waals surface area (Å²) in [6.07, 6.45) is 1.79. The summed E-state index contributed by atoms with van der Waals surface area (Å²) in [6.45, 7) is 0. The fourth-order valence-electron chi connectivity index (χ4n) is 0. The summed E-state index contributed by atoms with van der Waals surface area (Å²) >= 11 is 0. The van der Waals surface area contributed by atoms with Crippen molar-refractivity contribution in [2.24, 2.45) is 5.14 Å². The van der Waals surface area contributed by atoms with Crippen LogP contribution in [0.4, 0.5) is 0 Å². The summed E-state index contributed by atoms with van der Waals surface area (Å²) in [4.78, 5) is 0. The van der Waals surface area contributed by atoms with Gasteiger partial charge in [0, 0.05) is 0 Å². The molecule has 0 aliphatic carbocycles. The van der Waals surface area contributed by atoms with Gasteiger partial charge in [0.25, 0.3) is 0 Å². The van der Waals surface area contributed by atoms with Gasteiger partial charge in [0.15, 0.2) is 0 Å². The lowest BCUT2D eigenvalue weighted by molar-refractivity contribution is 2.02. The molecule has 2 N–H and O–H groups in total. The van der Waals surface area contributed by atoms with E-state index < -0.39 is 10.5 Å². The summed E-state index contributed by atoms with van der Waals surface area (Å²) in [5.41, 5.74) is 4.95. The molecule has 1 unspecified atom stereocenters. The predicted molar refractivity (Wildman–Crippen MR) is 24.0 cm³/mol. The zero-order valence-electron chi connectivity index (χ0n) is 2.60. The Hall–Kier alpha value is 0.0900. The van der Waals surface area contributed by atoms with E-state index in [0.717, 1.165) is 0 Å². The third kappa shape index (κ3) is 307. The summed E-state index contributed by atoms with van der Waals surface area (Å²) in [5.74, 6) is 0. The number of hydrogen-bond acceptors (Lipinski definition) is 1. The first kappa shape index (κ1) is 4.09. The van der Waals surface area contributed by atoms with Crippen LogP contribution in [0.5, 0.6) is 0 Å². The lowest BCUT2D eigenvalue weighted by Gasteiger charge is -1.69. The van der Waals surface area contributed by atoms with Gasteiger partial charge >= 0.3 is 0 Å². The number of rotatable bonds is 0. The van der Waals surface area contributed by atoms with Crippen molar-refractivity contribution < 1.29 is 0 Å². The van der Waals surface area contributed by atoms with Crippen LogP contribution in [0.3, 0.4) is 0 Å². The lowest BCUT2D eigenvalue weighted by atomic mass is 11.9. The molecule has 0 aliphatic rings. The molecular formula is C2H7NS. The second kappa shape index (κ2) is 1.41. The highest BCUT2D eigenvalue weighted by Crippen LogP contribution is 1.73. The predicted octanol–water partition coefficient (Wildman–Crippen LogP) is 0.0801. The van der Waals surface area contributed by atoms with E-state index in [2.05, 4.69) is 0 Å². The minimum atomic E-state index is -0.620. The van der Waals surface area contributed by atoms with Crippen molar-refractivity contribution >= 4 is 10.5 Å². The van der Waals surface area contributed by atoms with Gasteiger partial charge in [-0.1, -0.05) is 0 Å². The largest absolute Gasteiger partial charge is 0.288 e. The number of hydrogen-bond donors (Lipinski definition) is 2. The first-order valence-electron chi connectivity index (χ1n) is 0.964. The molecule has 0 aliphatic heterocycles. The summed E-state index contributed by atoms with van der Waals surface area (Å²) in [5, 5.41) is 4.95. The Morgan fingerprint density at radius 3 is 2.00 bits per heavy atom. The Morgan fingerprint density at radius 1 is 2.00 bits per heavy atom. The second-order valence-electron chi connectivity index (χ2n) is 0.665. The first-order chi connectivity index (χ1) is 1.73. The molecule has 1 nitrogen and oxygen atoms in total. The van der Waals surface area contributed by atoms with E-state index in [1.54, 1.807) is 6.26 Å². The van der Waals surface area contributed by atoms with E-state index in [4.69, 9.17) is 10.8 Å². The standard InChI is InChI=1S/C2H7NS/c1-4(2)3/h1,4H,3H2,2H3. The van der Waals surface area contributed by atoms with Crippen molar-refractivity contribution in [2.45, 2.75) is 0 Å². The number of nitrogens with two attached hydrogens (primary N) is 1. The van der Waals surface area contributed by atoms with Crippen LogP contribution in [0.25, 0.3) is 0 Å². The van der Waals surface area contributed by atoms with E-state index in [9.17, 15) is 0 Å². The van der Waals surface area contributed by atoms with Crippen LogP contribution < -0.4 is 5.14 Å². The van der Waals surface area contributed by atoms with Gasteiger partial charge in [0.1, 0.15) is 0 Å². The summed E-state index contributed by atoms with van der Waals surface area (Å²) in [6, 6.07) is 0. The van der Waals surface area contributed by atoms with Gasteiger partial charge in [0.2, 0.25) is 0 Å². The lowest BCUT2D eigenvalue weighted by Crippen LogP contribution is -1.69. The van der Waals surface area contributed by atoms with Crippen LogP contribution in [0.15, 0.2) is 0 Å². The molecule has 26 valence electrons. The van der Waals surface area contributed by atoms with E-state index in [1.165, 1.54) is 0 Å². The van der Waals surface area contributed by atoms with Gasteiger partial charge in [-0.2, -0.15) is 10.5 Å². The number of thiol groups is 1.